The summed E-state index contributed by atoms with van der Waals surface area (Å²) in [4.78, 5) is 6.95. The van der Waals surface area contributed by atoms with Gasteiger partial charge in [0.25, 0.3) is 0 Å². The second kappa shape index (κ2) is 4.58. The largest absolute Gasteiger partial charge is 0.392 e. The molecular weight excluding hydrogens is 224 g/mol. The molecule has 18 heavy (non-hydrogen) atoms. The van der Waals surface area contributed by atoms with Gasteiger partial charge in [0.2, 0.25) is 0 Å². The molecule has 1 aliphatic rings. The Hall–Kier alpha value is -1.61. The highest BCUT2D eigenvalue weighted by molar-refractivity contribution is 5.84. The zero-order chi connectivity index (χ0) is 12.5. The summed E-state index contributed by atoms with van der Waals surface area (Å²) in [5.74, 6) is 0.974. The minimum absolute atomic E-state index is 0.0640. The van der Waals surface area contributed by atoms with Crippen LogP contribution < -0.4 is 4.90 Å². The second-order valence-electron chi connectivity index (χ2n) is 5.01. The summed E-state index contributed by atoms with van der Waals surface area (Å²) in [6.45, 7) is 0.0640. The topological polar surface area (TPSA) is 36.4 Å². The zero-order valence-corrected chi connectivity index (χ0v) is 10.6. The molecular formula is C15H18N2O. The molecule has 1 aliphatic carbocycles. The van der Waals surface area contributed by atoms with Crippen molar-refractivity contribution in [1.82, 2.24) is 4.98 Å². The van der Waals surface area contributed by atoms with E-state index in [1.807, 2.05) is 30.3 Å². The maximum absolute atomic E-state index is 9.51. The minimum atomic E-state index is 0.0640. The molecule has 94 valence electrons. The monoisotopic (exact) mass is 242 g/mol. The summed E-state index contributed by atoms with van der Waals surface area (Å²) in [6, 6.07) is 10.6. The molecule has 0 amide bonds. The van der Waals surface area contributed by atoms with E-state index in [4.69, 9.17) is 4.98 Å². The summed E-state index contributed by atoms with van der Waals surface area (Å²) in [7, 11) is 2.10. The molecule has 3 heteroatoms. The fourth-order valence-corrected chi connectivity index (χ4v) is 2.50. The molecule has 3 rings (SSSR count). The van der Waals surface area contributed by atoms with E-state index >= 15 is 0 Å². The maximum atomic E-state index is 9.51. The highest BCUT2D eigenvalue weighted by atomic mass is 16.3. The predicted octanol–water partition coefficient (Wildman–Crippen LogP) is 2.72. The Morgan fingerprint density at radius 2 is 2.11 bits per heavy atom. The van der Waals surface area contributed by atoms with Crippen molar-refractivity contribution in [2.24, 2.45) is 0 Å². The van der Waals surface area contributed by atoms with E-state index in [9.17, 15) is 5.11 Å². The third-order valence-corrected chi connectivity index (χ3v) is 3.94. The Balaban J connectivity index is 2.07. The number of aliphatic hydroxyl groups excluding tert-OH is 1. The molecule has 0 bridgehead atoms. The smallest absolute Gasteiger partial charge is 0.129 e. The van der Waals surface area contributed by atoms with Gasteiger partial charge in [-0.05, 0) is 37.0 Å². The van der Waals surface area contributed by atoms with E-state index in [0.29, 0.717) is 6.04 Å². The number of fused-ring (bicyclic) bond motifs is 1. The molecule has 0 atom stereocenters. The molecule has 1 N–H and O–H groups in total. The van der Waals surface area contributed by atoms with E-state index in [0.717, 1.165) is 22.3 Å². The van der Waals surface area contributed by atoms with E-state index in [1.165, 1.54) is 19.3 Å². The van der Waals surface area contributed by atoms with Crippen LogP contribution >= 0.6 is 0 Å². The Morgan fingerprint density at radius 1 is 1.33 bits per heavy atom. The number of anilines is 1. The van der Waals surface area contributed by atoms with Crippen LogP contribution in [0.5, 0.6) is 0 Å². The lowest BCUT2D eigenvalue weighted by Crippen LogP contribution is -2.37. The molecule has 1 saturated carbocycles. The van der Waals surface area contributed by atoms with Crippen LogP contribution in [0.1, 0.15) is 24.8 Å². The van der Waals surface area contributed by atoms with Crippen LogP contribution in [0.4, 0.5) is 5.82 Å². The first-order chi connectivity index (χ1) is 8.79. The van der Waals surface area contributed by atoms with Gasteiger partial charge in [0.1, 0.15) is 5.82 Å². The van der Waals surface area contributed by atoms with Crippen LogP contribution in [-0.4, -0.2) is 23.2 Å². The van der Waals surface area contributed by atoms with E-state index in [2.05, 4.69) is 11.9 Å². The van der Waals surface area contributed by atoms with Gasteiger partial charge in [-0.15, -0.1) is 0 Å². The molecule has 3 nitrogen and oxygen atoms in total. The van der Waals surface area contributed by atoms with Crippen LogP contribution in [0, 0.1) is 0 Å². The second-order valence-corrected chi connectivity index (χ2v) is 5.01. The van der Waals surface area contributed by atoms with Crippen molar-refractivity contribution in [3.8, 4) is 0 Å². The highest BCUT2D eigenvalue weighted by Crippen LogP contribution is 2.29. The molecule has 1 fully saturated rings. The van der Waals surface area contributed by atoms with E-state index in [-0.39, 0.29) is 6.61 Å². The first-order valence-electron chi connectivity index (χ1n) is 6.52. The number of aromatic nitrogens is 1. The lowest BCUT2D eigenvalue weighted by molar-refractivity contribution is 0.283. The number of hydrogen-bond acceptors (Lipinski definition) is 3. The van der Waals surface area contributed by atoms with Gasteiger partial charge in [0, 0.05) is 18.5 Å². The minimum Gasteiger partial charge on any atom is -0.392 e. The number of benzene rings is 1. The van der Waals surface area contributed by atoms with E-state index < -0.39 is 0 Å². The number of pyridine rings is 1. The van der Waals surface area contributed by atoms with Gasteiger partial charge in [-0.2, -0.15) is 0 Å². The Morgan fingerprint density at radius 3 is 2.78 bits per heavy atom. The fraction of sp³-hybridized carbons (Fsp3) is 0.400. The molecule has 0 saturated heterocycles. The number of nitrogens with zero attached hydrogens (tertiary/aromatic N) is 2. The Kier molecular flexibility index (Phi) is 2.92. The molecule has 0 radical (unpaired) electrons. The molecule has 1 heterocycles. The van der Waals surface area contributed by atoms with Crippen molar-refractivity contribution in [3.05, 3.63) is 35.9 Å². The van der Waals surface area contributed by atoms with Crippen LogP contribution in [0.3, 0.4) is 0 Å². The van der Waals surface area contributed by atoms with Crippen LogP contribution in [-0.2, 0) is 6.61 Å². The van der Waals surface area contributed by atoms with Crippen LogP contribution in [0.25, 0.3) is 10.9 Å². The van der Waals surface area contributed by atoms with Gasteiger partial charge < -0.3 is 10.0 Å². The third kappa shape index (κ3) is 1.85. The lowest BCUT2D eigenvalue weighted by Gasteiger charge is -2.35. The number of aliphatic hydroxyl groups is 1. The van der Waals surface area contributed by atoms with Crippen molar-refractivity contribution in [2.75, 3.05) is 11.9 Å². The Labute approximate surface area is 107 Å². The summed E-state index contributed by atoms with van der Waals surface area (Å²) < 4.78 is 0. The van der Waals surface area contributed by atoms with Crippen molar-refractivity contribution >= 4 is 16.7 Å². The predicted molar refractivity (Wildman–Crippen MR) is 73.7 cm³/mol. The molecule has 0 spiro atoms. The standard InChI is InChI=1S/C15H18N2O/c1-17(12-5-4-6-12)15-9-11(10-18)13-7-2-3-8-14(13)16-15/h2-3,7-9,12,18H,4-6,10H2,1H3. The lowest BCUT2D eigenvalue weighted by atomic mass is 9.92. The van der Waals surface area contributed by atoms with Gasteiger partial charge in [0.05, 0.1) is 12.1 Å². The SMILES string of the molecule is CN(c1cc(CO)c2ccccc2n1)C1CCC1. The van der Waals surface area contributed by atoms with Crippen LogP contribution in [0.2, 0.25) is 0 Å². The summed E-state index contributed by atoms with van der Waals surface area (Å²) in [5.41, 5.74) is 1.92. The summed E-state index contributed by atoms with van der Waals surface area (Å²) in [5, 5.41) is 10.6. The highest BCUT2D eigenvalue weighted by Gasteiger charge is 2.23. The molecule has 1 aromatic carbocycles. The fourth-order valence-electron chi connectivity index (χ4n) is 2.50. The average Bonchev–Trinajstić information content (AvgIpc) is 2.35. The molecule has 0 unspecified atom stereocenters. The van der Waals surface area contributed by atoms with Gasteiger partial charge in [0.15, 0.2) is 0 Å². The molecule has 2 aromatic rings. The van der Waals surface area contributed by atoms with Crippen molar-refractivity contribution in [2.45, 2.75) is 31.9 Å². The van der Waals surface area contributed by atoms with Crippen molar-refractivity contribution in [3.63, 3.8) is 0 Å². The van der Waals surface area contributed by atoms with E-state index in [1.54, 1.807) is 0 Å². The van der Waals surface area contributed by atoms with Gasteiger partial charge in [-0.3, -0.25) is 0 Å². The summed E-state index contributed by atoms with van der Waals surface area (Å²) >= 11 is 0. The first kappa shape index (κ1) is 11.5. The molecule has 0 aliphatic heterocycles. The van der Waals surface area contributed by atoms with Crippen LogP contribution in [0.15, 0.2) is 30.3 Å². The quantitative estimate of drug-likeness (QED) is 0.899. The first-order valence-corrected chi connectivity index (χ1v) is 6.52. The van der Waals surface area contributed by atoms with Gasteiger partial charge in [-0.1, -0.05) is 18.2 Å². The number of para-hydroxylation sites is 1. The number of rotatable bonds is 3. The zero-order valence-electron chi connectivity index (χ0n) is 10.6. The van der Waals surface area contributed by atoms with Gasteiger partial charge in [-0.25, -0.2) is 4.98 Å². The number of hydrogen-bond donors (Lipinski definition) is 1. The van der Waals surface area contributed by atoms with Crippen molar-refractivity contribution < 1.29 is 5.11 Å². The third-order valence-electron chi connectivity index (χ3n) is 3.94. The normalized spacial score (nSPS) is 15.7. The Bertz CT molecular complexity index is 563. The maximum Gasteiger partial charge on any atom is 0.129 e. The van der Waals surface area contributed by atoms with Gasteiger partial charge >= 0.3 is 0 Å². The summed E-state index contributed by atoms with van der Waals surface area (Å²) in [6.07, 6.45) is 3.81. The average molecular weight is 242 g/mol. The molecule has 1 aromatic heterocycles. The van der Waals surface area contributed by atoms with Crippen molar-refractivity contribution in [1.29, 1.82) is 0 Å².